The zero-order valence-electron chi connectivity index (χ0n) is 17.9. The van der Waals surface area contributed by atoms with Crippen molar-refractivity contribution in [1.82, 2.24) is 9.47 Å². The van der Waals surface area contributed by atoms with Crippen LogP contribution < -0.4 is 4.74 Å². The number of methoxy groups -OCH3 is 1. The lowest BCUT2D eigenvalue weighted by Gasteiger charge is -2.30. The van der Waals surface area contributed by atoms with E-state index in [1.54, 1.807) is 13.2 Å². The number of fused-ring (bicyclic) bond motifs is 1. The Bertz CT molecular complexity index is 1030. The molecule has 2 heterocycles. The predicted molar refractivity (Wildman–Crippen MR) is 122 cm³/mol. The molecule has 1 fully saturated rings. The van der Waals surface area contributed by atoms with Crippen LogP contribution in [0.4, 0.5) is 0 Å². The molecule has 0 radical (unpaired) electrons. The van der Waals surface area contributed by atoms with E-state index in [1.807, 2.05) is 36.0 Å². The van der Waals surface area contributed by atoms with Crippen LogP contribution in [0.25, 0.3) is 10.9 Å². The minimum Gasteiger partial charge on any atom is -0.497 e. The zero-order valence-corrected chi connectivity index (χ0v) is 17.9. The second-order valence-electron chi connectivity index (χ2n) is 8.17. The SMILES string of the molecule is COc1ccc2c(c1)c(C(=O)C=CC1CCN(CCc3ccccc3)CC1)cn2C. The molecule has 1 aliphatic rings. The minimum absolute atomic E-state index is 0.0698. The van der Waals surface area contributed by atoms with E-state index in [0.29, 0.717) is 5.92 Å². The van der Waals surface area contributed by atoms with Crippen LogP contribution in [0.5, 0.6) is 5.75 Å². The monoisotopic (exact) mass is 402 g/mol. The highest BCUT2D eigenvalue weighted by atomic mass is 16.5. The first-order valence-corrected chi connectivity index (χ1v) is 10.8. The summed E-state index contributed by atoms with van der Waals surface area (Å²) in [6, 6.07) is 16.6. The first-order chi connectivity index (χ1) is 14.6. The van der Waals surface area contributed by atoms with Crippen molar-refractivity contribution in [3.8, 4) is 5.75 Å². The summed E-state index contributed by atoms with van der Waals surface area (Å²) in [4.78, 5) is 15.4. The Morgan fingerprint density at radius 1 is 1.13 bits per heavy atom. The molecule has 1 aromatic heterocycles. The number of allylic oxidation sites excluding steroid dienone is 2. The maximum Gasteiger partial charge on any atom is 0.187 e. The van der Waals surface area contributed by atoms with Crippen molar-refractivity contribution in [2.24, 2.45) is 13.0 Å². The maximum atomic E-state index is 12.9. The Balaban J connectivity index is 1.34. The van der Waals surface area contributed by atoms with Gasteiger partial charge in [-0.15, -0.1) is 0 Å². The van der Waals surface area contributed by atoms with Gasteiger partial charge in [0.1, 0.15) is 5.75 Å². The summed E-state index contributed by atoms with van der Waals surface area (Å²) in [6.07, 6.45) is 9.14. The van der Waals surface area contributed by atoms with Gasteiger partial charge in [0.25, 0.3) is 0 Å². The molecule has 0 N–H and O–H groups in total. The molecule has 4 rings (SSSR count). The minimum atomic E-state index is 0.0698. The summed E-state index contributed by atoms with van der Waals surface area (Å²) in [5.41, 5.74) is 3.18. The van der Waals surface area contributed by atoms with Gasteiger partial charge in [-0.3, -0.25) is 4.79 Å². The van der Waals surface area contributed by atoms with Crippen molar-refractivity contribution in [3.63, 3.8) is 0 Å². The Hall–Kier alpha value is -2.85. The van der Waals surface area contributed by atoms with Crippen LogP contribution in [-0.4, -0.2) is 42.0 Å². The van der Waals surface area contributed by atoms with Crippen molar-refractivity contribution in [1.29, 1.82) is 0 Å². The van der Waals surface area contributed by atoms with Crippen LogP contribution >= 0.6 is 0 Å². The Kier molecular flexibility index (Phi) is 6.34. The van der Waals surface area contributed by atoms with E-state index in [9.17, 15) is 4.79 Å². The van der Waals surface area contributed by atoms with Crippen molar-refractivity contribution >= 4 is 16.7 Å². The number of rotatable bonds is 7. The van der Waals surface area contributed by atoms with E-state index in [-0.39, 0.29) is 5.78 Å². The summed E-state index contributed by atoms with van der Waals surface area (Å²) in [5, 5.41) is 0.947. The van der Waals surface area contributed by atoms with Gasteiger partial charge in [0.15, 0.2) is 5.78 Å². The number of hydrogen-bond acceptors (Lipinski definition) is 3. The highest BCUT2D eigenvalue weighted by Gasteiger charge is 2.18. The van der Waals surface area contributed by atoms with Gasteiger partial charge in [0.05, 0.1) is 7.11 Å². The zero-order chi connectivity index (χ0) is 20.9. The summed E-state index contributed by atoms with van der Waals surface area (Å²) < 4.78 is 7.34. The number of carbonyl (C=O) groups excluding carboxylic acids is 1. The Labute approximate surface area is 178 Å². The van der Waals surface area contributed by atoms with Crippen molar-refractivity contribution in [2.75, 3.05) is 26.7 Å². The van der Waals surface area contributed by atoms with E-state index in [0.717, 1.165) is 61.1 Å². The summed E-state index contributed by atoms with van der Waals surface area (Å²) in [7, 11) is 3.62. The van der Waals surface area contributed by atoms with E-state index in [4.69, 9.17) is 4.74 Å². The average molecular weight is 403 g/mol. The van der Waals surface area contributed by atoms with Gasteiger partial charge in [-0.25, -0.2) is 0 Å². The van der Waals surface area contributed by atoms with Crippen LogP contribution in [-0.2, 0) is 13.5 Å². The van der Waals surface area contributed by atoms with Gasteiger partial charge >= 0.3 is 0 Å². The molecule has 0 saturated carbocycles. The molecule has 0 spiro atoms. The molecule has 0 bridgehead atoms. The van der Waals surface area contributed by atoms with E-state index < -0.39 is 0 Å². The molecule has 0 aliphatic carbocycles. The fraction of sp³-hybridized carbons (Fsp3) is 0.346. The fourth-order valence-corrected chi connectivity index (χ4v) is 4.31. The van der Waals surface area contributed by atoms with Gasteiger partial charge in [-0.05, 0) is 68.1 Å². The molecule has 0 unspecified atom stereocenters. The van der Waals surface area contributed by atoms with E-state index >= 15 is 0 Å². The summed E-state index contributed by atoms with van der Waals surface area (Å²) >= 11 is 0. The molecule has 2 aromatic carbocycles. The number of hydrogen-bond donors (Lipinski definition) is 0. The molecule has 156 valence electrons. The van der Waals surface area contributed by atoms with E-state index in [1.165, 1.54) is 5.56 Å². The van der Waals surface area contributed by atoms with Gasteiger partial charge in [-0.1, -0.05) is 36.4 Å². The number of likely N-dealkylation sites (tertiary alicyclic amines) is 1. The molecule has 1 aliphatic heterocycles. The predicted octanol–water partition coefficient (Wildman–Crippen LogP) is 4.88. The van der Waals surface area contributed by atoms with Crippen LogP contribution in [0.2, 0.25) is 0 Å². The largest absolute Gasteiger partial charge is 0.497 e. The number of nitrogens with zero attached hydrogens (tertiary/aromatic N) is 2. The van der Waals surface area contributed by atoms with E-state index in [2.05, 4.69) is 41.3 Å². The molecule has 0 amide bonds. The lowest BCUT2D eigenvalue weighted by molar-refractivity contribution is 0.104. The molecule has 4 heteroatoms. The summed E-state index contributed by atoms with van der Waals surface area (Å²) in [6.45, 7) is 3.31. The van der Waals surface area contributed by atoms with Gasteiger partial charge in [0, 0.05) is 36.3 Å². The van der Waals surface area contributed by atoms with Crippen LogP contribution in [0, 0.1) is 5.92 Å². The average Bonchev–Trinajstić information content (AvgIpc) is 3.13. The highest BCUT2D eigenvalue weighted by Crippen LogP contribution is 2.26. The molecule has 1 saturated heterocycles. The number of carbonyl (C=O) groups is 1. The molecule has 30 heavy (non-hydrogen) atoms. The van der Waals surface area contributed by atoms with Crippen LogP contribution in [0.1, 0.15) is 28.8 Å². The Morgan fingerprint density at radius 3 is 2.63 bits per heavy atom. The Morgan fingerprint density at radius 2 is 1.90 bits per heavy atom. The fourth-order valence-electron chi connectivity index (χ4n) is 4.31. The van der Waals surface area contributed by atoms with Crippen LogP contribution in [0.3, 0.4) is 0 Å². The first kappa shape index (κ1) is 20.4. The van der Waals surface area contributed by atoms with Gasteiger partial charge in [-0.2, -0.15) is 0 Å². The first-order valence-electron chi connectivity index (χ1n) is 10.8. The number of ketones is 1. The van der Waals surface area contributed by atoms with Crippen molar-refractivity contribution < 1.29 is 9.53 Å². The number of benzene rings is 2. The number of piperidine rings is 1. The highest BCUT2D eigenvalue weighted by molar-refractivity contribution is 6.13. The molecular formula is C26H30N2O2. The third kappa shape index (κ3) is 4.65. The smallest absolute Gasteiger partial charge is 0.187 e. The standard InChI is InChI=1S/C26H30N2O2/c1-27-19-24(23-18-22(30-2)9-10-25(23)27)26(29)11-8-21-13-16-28(17-14-21)15-12-20-6-4-3-5-7-20/h3-11,18-19,21H,12-17H2,1-2H3. The lowest BCUT2D eigenvalue weighted by atomic mass is 9.95. The number of aromatic nitrogens is 1. The normalized spacial score (nSPS) is 15.8. The topological polar surface area (TPSA) is 34.5 Å². The van der Waals surface area contributed by atoms with Gasteiger partial charge in [0.2, 0.25) is 0 Å². The molecule has 4 nitrogen and oxygen atoms in total. The van der Waals surface area contributed by atoms with Crippen molar-refractivity contribution in [3.05, 3.63) is 78.0 Å². The number of ether oxygens (including phenoxy) is 1. The lowest BCUT2D eigenvalue weighted by Crippen LogP contribution is -2.34. The third-order valence-corrected chi connectivity index (χ3v) is 6.17. The van der Waals surface area contributed by atoms with Crippen molar-refractivity contribution in [2.45, 2.75) is 19.3 Å². The quantitative estimate of drug-likeness (QED) is 0.417. The summed E-state index contributed by atoms with van der Waals surface area (Å²) in [5.74, 6) is 1.32. The second kappa shape index (κ2) is 9.31. The third-order valence-electron chi connectivity index (χ3n) is 6.17. The molecular weight excluding hydrogens is 372 g/mol. The second-order valence-corrected chi connectivity index (χ2v) is 8.17. The maximum absolute atomic E-state index is 12.9. The number of aryl methyl sites for hydroxylation is 1. The molecule has 0 atom stereocenters. The van der Waals surface area contributed by atoms with Gasteiger partial charge < -0.3 is 14.2 Å². The van der Waals surface area contributed by atoms with Crippen LogP contribution in [0.15, 0.2) is 66.9 Å². The molecule has 3 aromatic rings.